The Hall–Kier alpha value is -5.08. The van der Waals surface area contributed by atoms with Gasteiger partial charge in [0, 0.05) is 38.8 Å². The van der Waals surface area contributed by atoms with Crippen LogP contribution >= 0.6 is 0 Å². The van der Waals surface area contributed by atoms with Gasteiger partial charge in [-0.05, 0) is 70.3 Å². The Kier molecular flexibility index (Phi) is 5.20. The lowest BCUT2D eigenvalue weighted by atomic mass is 9.82. The maximum absolute atomic E-state index is 3.76. The van der Waals surface area contributed by atoms with E-state index in [2.05, 4.69) is 163 Å². The Morgan fingerprint density at radius 1 is 0.537 bits per heavy atom. The van der Waals surface area contributed by atoms with Crippen LogP contribution in [-0.4, -0.2) is 4.57 Å². The van der Waals surface area contributed by atoms with Crippen molar-refractivity contribution in [2.45, 2.75) is 19.3 Å². The van der Waals surface area contributed by atoms with Gasteiger partial charge in [-0.3, -0.25) is 0 Å². The van der Waals surface area contributed by atoms with Crippen LogP contribution in [0.2, 0.25) is 0 Å². The maximum Gasteiger partial charge on any atom is 0.0541 e. The molecule has 1 N–H and O–H groups in total. The molecule has 6 aromatic carbocycles. The topological polar surface area (TPSA) is 17.0 Å². The van der Waals surface area contributed by atoms with Crippen LogP contribution in [0.4, 0.5) is 11.4 Å². The highest BCUT2D eigenvalue weighted by atomic mass is 15.0. The minimum absolute atomic E-state index is 0.0103. The summed E-state index contributed by atoms with van der Waals surface area (Å²) in [7, 11) is 0. The maximum atomic E-state index is 3.76. The number of hydrogen-bond donors (Lipinski definition) is 1. The molecule has 7 aromatic rings. The number of fused-ring (bicyclic) bond motifs is 6. The van der Waals surface area contributed by atoms with Gasteiger partial charge in [-0.15, -0.1) is 0 Å². The minimum Gasteiger partial charge on any atom is -0.355 e. The molecule has 0 fully saturated rings. The van der Waals surface area contributed by atoms with Crippen LogP contribution in [0.25, 0.3) is 49.7 Å². The fraction of sp³-hybridized carbons (Fsp3) is 0.0769. The average molecular weight is 527 g/mol. The van der Waals surface area contributed by atoms with Crippen LogP contribution in [0.3, 0.4) is 0 Å². The number of para-hydroxylation sites is 2. The van der Waals surface area contributed by atoms with Crippen LogP contribution in [0.1, 0.15) is 25.0 Å². The molecule has 41 heavy (non-hydrogen) atoms. The Morgan fingerprint density at radius 2 is 1.17 bits per heavy atom. The predicted molar refractivity (Wildman–Crippen MR) is 174 cm³/mol. The molecule has 0 saturated heterocycles. The van der Waals surface area contributed by atoms with Gasteiger partial charge in [-0.1, -0.05) is 111 Å². The first-order valence-corrected chi connectivity index (χ1v) is 14.3. The zero-order valence-electron chi connectivity index (χ0n) is 23.2. The quantitative estimate of drug-likeness (QED) is 0.241. The van der Waals surface area contributed by atoms with E-state index in [9.17, 15) is 0 Å². The van der Waals surface area contributed by atoms with E-state index in [1.807, 2.05) is 0 Å². The molecule has 1 aliphatic carbocycles. The van der Waals surface area contributed by atoms with E-state index in [0.717, 1.165) is 11.4 Å². The first kappa shape index (κ1) is 23.8. The number of benzene rings is 6. The van der Waals surface area contributed by atoms with Crippen molar-refractivity contribution in [2.75, 3.05) is 5.32 Å². The van der Waals surface area contributed by atoms with Gasteiger partial charge in [0.25, 0.3) is 0 Å². The van der Waals surface area contributed by atoms with E-state index in [-0.39, 0.29) is 5.41 Å². The summed E-state index contributed by atoms with van der Waals surface area (Å²) in [6.45, 7) is 4.65. The van der Waals surface area contributed by atoms with E-state index >= 15 is 0 Å². The molecule has 8 rings (SSSR count). The lowest BCUT2D eigenvalue weighted by Crippen LogP contribution is -2.14. The second kappa shape index (κ2) is 8.97. The van der Waals surface area contributed by atoms with Gasteiger partial charge in [0.15, 0.2) is 0 Å². The standard InChI is InChI=1S/C39H30N2/c1-39(2)33-16-6-3-15-32(33)38-34(39)17-10-18-35(38)40-28-12-9-11-27(25-28)26-21-23-29(24-22-26)41-36-19-7-4-13-30(36)31-14-5-8-20-37(31)41/h3-25,40H,1-2H3. The summed E-state index contributed by atoms with van der Waals surface area (Å²) in [6, 6.07) is 50.4. The van der Waals surface area contributed by atoms with Crippen molar-refractivity contribution in [2.24, 2.45) is 0 Å². The first-order chi connectivity index (χ1) is 20.1. The Morgan fingerprint density at radius 3 is 1.93 bits per heavy atom. The molecule has 0 radical (unpaired) electrons. The van der Waals surface area contributed by atoms with Gasteiger partial charge in [-0.25, -0.2) is 0 Å². The number of nitrogens with zero attached hydrogens (tertiary/aromatic N) is 1. The lowest BCUT2D eigenvalue weighted by Gasteiger charge is -2.21. The van der Waals surface area contributed by atoms with Crippen molar-refractivity contribution in [3.8, 4) is 27.9 Å². The lowest BCUT2D eigenvalue weighted by molar-refractivity contribution is 0.660. The third-order valence-corrected chi connectivity index (χ3v) is 8.79. The number of nitrogens with one attached hydrogen (secondary N) is 1. The van der Waals surface area contributed by atoms with E-state index in [1.54, 1.807) is 0 Å². The Bertz CT molecular complexity index is 2040. The summed E-state index contributed by atoms with van der Waals surface area (Å²) in [5, 5.41) is 6.33. The molecule has 1 heterocycles. The number of aromatic nitrogens is 1. The first-order valence-electron chi connectivity index (χ1n) is 14.3. The highest BCUT2D eigenvalue weighted by molar-refractivity contribution is 6.09. The summed E-state index contributed by atoms with van der Waals surface area (Å²) in [6.07, 6.45) is 0. The van der Waals surface area contributed by atoms with Crippen molar-refractivity contribution >= 4 is 33.2 Å². The molecule has 0 spiro atoms. The molecule has 196 valence electrons. The third-order valence-electron chi connectivity index (χ3n) is 8.79. The van der Waals surface area contributed by atoms with E-state index < -0.39 is 0 Å². The summed E-state index contributed by atoms with van der Waals surface area (Å²) in [5.41, 5.74) is 13.7. The van der Waals surface area contributed by atoms with Gasteiger partial charge in [0.05, 0.1) is 11.0 Å². The molecule has 0 aliphatic heterocycles. The second-order valence-corrected chi connectivity index (χ2v) is 11.5. The molecule has 0 unspecified atom stereocenters. The molecular weight excluding hydrogens is 496 g/mol. The van der Waals surface area contributed by atoms with Crippen LogP contribution in [0, 0.1) is 0 Å². The van der Waals surface area contributed by atoms with Crippen molar-refractivity contribution in [1.29, 1.82) is 0 Å². The van der Waals surface area contributed by atoms with Crippen LogP contribution < -0.4 is 5.32 Å². The third kappa shape index (κ3) is 3.64. The Labute approximate surface area is 240 Å². The van der Waals surface area contributed by atoms with Crippen LogP contribution in [0.15, 0.2) is 140 Å². The minimum atomic E-state index is -0.0103. The van der Waals surface area contributed by atoms with Gasteiger partial charge in [0.2, 0.25) is 0 Å². The normalized spacial score (nSPS) is 13.3. The SMILES string of the molecule is CC1(C)c2ccccc2-c2c(Nc3cccc(-c4ccc(-n5c6ccccc6c6ccccc65)cc4)c3)cccc21. The number of anilines is 2. The molecule has 0 atom stereocenters. The molecule has 0 amide bonds. The molecule has 2 heteroatoms. The Balaban J connectivity index is 1.15. The fourth-order valence-electron chi connectivity index (χ4n) is 6.79. The molecule has 1 aromatic heterocycles. The second-order valence-electron chi connectivity index (χ2n) is 11.5. The summed E-state index contributed by atoms with van der Waals surface area (Å²) in [4.78, 5) is 0. The van der Waals surface area contributed by atoms with E-state index in [4.69, 9.17) is 0 Å². The van der Waals surface area contributed by atoms with Gasteiger partial charge in [-0.2, -0.15) is 0 Å². The number of rotatable bonds is 4. The predicted octanol–water partition coefficient (Wildman–Crippen LogP) is 10.5. The molecule has 1 aliphatic rings. The largest absolute Gasteiger partial charge is 0.355 e. The highest BCUT2D eigenvalue weighted by Crippen LogP contribution is 2.51. The van der Waals surface area contributed by atoms with Crippen molar-refractivity contribution in [1.82, 2.24) is 4.57 Å². The van der Waals surface area contributed by atoms with Gasteiger partial charge in [0.1, 0.15) is 0 Å². The smallest absolute Gasteiger partial charge is 0.0541 e. The summed E-state index contributed by atoms with van der Waals surface area (Å²) in [5.74, 6) is 0. The van der Waals surface area contributed by atoms with Crippen molar-refractivity contribution in [3.05, 3.63) is 151 Å². The van der Waals surface area contributed by atoms with Crippen molar-refractivity contribution in [3.63, 3.8) is 0 Å². The average Bonchev–Trinajstić information content (AvgIpc) is 3.47. The van der Waals surface area contributed by atoms with Crippen molar-refractivity contribution < 1.29 is 0 Å². The zero-order valence-corrected chi connectivity index (χ0v) is 23.2. The van der Waals surface area contributed by atoms with Crippen LogP contribution in [0.5, 0.6) is 0 Å². The van der Waals surface area contributed by atoms with Gasteiger partial charge >= 0.3 is 0 Å². The molecule has 0 bridgehead atoms. The molecular formula is C39H30N2. The zero-order chi connectivity index (χ0) is 27.6. The highest BCUT2D eigenvalue weighted by Gasteiger charge is 2.36. The van der Waals surface area contributed by atoms with Gasteiger partial charge < -0.3 is 9.88 Å². The molecule has 2 nitrogen and oxygen atoms in total. The molecule has 0 saturated carbocycles. The van der Waals surface area contributed by atoms with E-state index in [1.165, 1.54) is 60.9 Å². The fourth-order valence-corrected chi connectivity index (χ4v) is 6.79. The monoisotopic (exact) mass is 526 g/mol. The number of hydrogen-bond acceptors (Lipinski definition) is 1. The summed E-state index contributed by atoms with van der Waals surface area (Å²) < 4.78 is 2.36. The van der Waals surface area contributed by atoms with E-state index in [0.29, 0.717) is 0 Å². The summed E-state index contributed by atoms with van der Waals surface area (Å²) >= 11 is 0. The van der Waals surface area contributed by atoms with Crippen LogP contribution in [-0.2, 0) is 5.41 Å².